The maximum absolute atomic E-state index is 12.5. The van der Waals surface area contributed by atoms with Gasteiger partial charge < -0.3 is 18.8 Å². The summed E-state index contributed by atoms with van der Waals surface area (Å²) in [5.41, 5.74) is 0. The van der Waals surface area contributed by atoms with E-state index in [0.717, 1.165) is 12.8 Å². The van der Waals surface area contributed by atoms with Crippen molar-refractivity contribution in [1.29, 1.82) is 0 Å². The van der Waals surface area contributed by atoms with Crippen LogP contribution in [0.2, 0.25) is 0 Å². The Kier molecular flexibility index (Phi) is 6.06. The van der Waals surface area contributed by atoms with Crippen LogP contribution in [0.4, 0.5) is 0 Å². The van der Waals surface area contributed by atoms with Crippen LogP contribution >= 0.6 is 0 Å². The van der Waals surface area contributed by atoms with E-state index in [1.165, 1.54) is 12.8 Å². The first-order valence-electron chi connectivity index (χ1n) is 9.37. The Bertz CT molecular complexity index is 574. The minimum atomic E-state index is -0.354. The van der Waals surface area contributed by atoms with Crippen molar-refractivity contribution in [2.24, 2.45) is 5.92 Å². The van der Waals surface area contributed by atoms with Gasteiger partial charge in [0.05, 0.1) is 19.3 Å². The van der Waals surface area contributed by atoms with E-state index in [0.29, 0.717) is 37.4 Å². The minimum absolute atomic E-state index is 0.00937. The highest BCUT2D eigenvalue weighted by Gasteiger charge is 2.30. The fourth-order valence-corrected chi connectivity index (χ4v) is 3.45. The zero-order valence-corrected chi connectivity index (χ0v) is 15.4. The monoisotopic (exact) mass is 351 g/mol. The molecule has 0 bridgehead atoms. The predicted molar refractivity (Wildman–Crippen MR) is 91.0 cm³/mol. The van der Waals surface area contributed by atoms with Gasteiger partial charge in [-0.3, -0.25) is 4.79 Å². The molecule has 2 heterocycles. The first-order valence-corrected chi connectivity index (χ1v) is 9.37. The van der Waals surface area contributed by atoms with Gasteiger partial charge in [-0.1, -0.05) is 33.6 Å². The third-order valence-corrected chi connectivity index (χ3v) is 4.98. The van der Waals surface area contributed by atoms with Gasteiger partial charge in [0.25, 0.3) is 0 Å². The average molecular weight is 351 g/mol. The predicted octanol–water partition coefficient (Wildman–Crippen LogP) is 2.69. The smallest absolute Gasteiger partial charge is 0.248 e. The lowest BCUT2D eigenvalue weighted by molar-refractivity contribution is -0.147. The highest BCUT2D eigenvalue weighted by molar-refractivity contribution is 5.77. The van der Waals surface area contributed by atoms with Gasteiger partial charge in [-0.05, 0) is 18.8 Å². The lowest BCUT2D eigenvalue weighted by atomic mass is 9.89. The van der Waals surface area contributed by atoms with E-state index in [1.807, 2.05) is 13.8 Å². The summed E-state index contributed by atoms with van der Waals surface area (Å²) in [7, 11) is 0. The van der Waals surface area contributed by atoms with Crippen molar-refractivity contribution in [3.8, 4) is 0 Å². The minimum Gasteiger partial charge on any atom is -0.422 e. The number of morpholine rings is 1. The summed E-state index contributed by atoms with van der Waals surface area (Å²) < 4.78 is 17.2. The first-order chi connectivity index (χ1) is 12.0. The zero-order chi connectivity index (χ0) is 17.8. The molecule has 1 aliphatic heterocycles. The van der Waals surface area contributed by atoms with Gasteiger partial charge in [0.2, 0.25) is 17.7 Å². The number of carbonyl (C=O) groups excluding carboxylic acids is 1. The molecule has 2 fully saturated rings. The topological polar surface area (TPSA) is 77.7 Å². The van der Waals surface area contributed by atoms with Crippen molar-refractivity contribution >= 4 is 5.91 Å². The molecule has 7 nitrogen and oxygen atoms in total. The van der Waals surface area contributed by atoms with Crippen molar-refractivity contribution in [1.82, 2.24) is 15.1 Å². The Morgan fingerprint density at radius 1 is 1.36 bits per heavy atom. The van der Waals surface area contributed by atoms with Crippen LogP contribution in [0.15, 0.2) is 4.42 Å². The molecule has 25 heavy (non-hydrogen) atoms. The lowest BCUT2D eigenvalue weighted by Crippen LogP contribution is -2.44. The van der Waals surface area contributed by atoms with E-state index in [1.54, 1.807) is 4.90 Å². The number of rotatable bonds is 5. The van der Waals surface area contributed by atoms with Gasteiger partial charge in [-0.25, -0.2) is 0 Å². The molecule has 0 radical (unpaired) electrons. The second kappa shape index (κ2) is 8.27. The van der Waals surface area contributed by atoms with Crippen molar-refractivity contribution in [2.75, 3.05) is 26.3 Å². The standard InChI is InChI=1S/C18H29N3O4/c1-12(2)17-19-20-18(25-17)15-10-21(7-8-23-15)16(22)11-24-14-6-4-5-13(3)9-14/h12-15H,4-11H2,1-3H3/t13-,14-,15+/m1/s1. The first kappa shape index (κ1) is 18.3. The van der Waals surface area contributed by atoms with E-state index in [9.17, 15) is 4.79 Å². The van der Waals surface area contributed by atoms with Crippen molar-refractivity contribution in [3.05, 3.63) is 11.8 Å². The van der Waals surface area contributed by atoms with E-state index < -0.39 is 0 Å². The number of hydrogen-bond acceptors (Lipinski definition) is 6. The molecular formula is C18H29N3O4. The molecule has 3 atom stereocenters. The third-order valence-electron chi connectivity index (χ3n) is 4.98. The maximum atomic E-state index is 12.5. The van der Waals surface area contributed by atoms with Gasteiger partial charge in [0.1, 0.15) is 6.61 Å². The van der Waals surface area contributed by atoms with Crippen LogP contribution in [-0.2, 0) is 14.3 Å². The number of hydrogen-bond donors (Lipinski definition) is 0. The Labute approximate surface area is 149 Å². The highest BCUT2D eigenvalue weighted by atomic mass is 16.5. The van der Waals surface area contributed by atoms with Crippen LogP contribution in [0.3, 0.4) is 0 Å². The Morgan fingerprint density at radius 2 is 2.20 bits per heavy atom. The summed E-state index contributed by atoms with van der Waals surface area (Å²) >= 11 is 0. The molecule has 0 unspecified atom stereocenters. The van der Waals surface area contributed by atoms with Gasteiger partial charge >= 0.3 is 0 Å². The fraction of sp³-hybridized carbons (Fsp3) is 0.833. The molecule has 7 heteroatoms. The third kappa shape index (κ3) is 4.79. The molecule has 1 aromatic rings. The maximum Gasteiger partial charge on any atom is 0.248 e. The van der Waals surface area contributed by atoms with Crippen molar-refractivity contribution < 1.29 is 18.7 Å². The van der Waals surface area contributed by atoms with Crippen molar-refractivity contribution in [2.45, 2.75) is 64.6 Å². The molecule has 140 valence electrons. The van der Waals surface area contributed by atoms with Gasteiger partial charge in [-0.2, -0.15) is 0 Å². The van der Waals surface area contributed by atoms with Crippen LogP contribution < -0.4 is 0 Å². The Hall–Kier alpha value is -1.47. The summed E-state index contributed by atoms with van der Waals surface area (Å²) in [6.07, 6.45) is 4.43. The largest absolute Gasteiger partial charge is 0.422 e. The molecule has 0 aromatic carbocycles. The second-order valence-electron chi connectivity index (χ2n) is 7.54. The molecule has 1 amide bonds. The number of ether oxygens (including phenoxy) is 2. The molecule has 0 N–H and O–H groups in total. The Morgan fingerprint density at radius 3 is 2.92 bits per heavy atom. The summed E-state index contributed by atoms with van der Waals surface area (Å²) in [6.45, 7) is 7.87. The van der Waals surface area contributed by atoms with E-state index in [4.69, 9.17) is 13.9 Å². The molecule has 1 saturated carbocycles. The van der Waals surface area contributed by atoms with Gasteiger partial charge in [-0.15, -0.1) is 10.2 Å². The Balaban J connectivity index is 1.50. The van der Waals surface area contributed by atoms with Gasteiger partial charge in [0, 0.05) is 12.5 Å². The average Bonchev–Trinajstić information content (AvgIpc) is 3.10. The molecule has 3 rings (SSSR count). The molecule has 0 spiro atoms. The van der Waals surface area contributed by atoms with Crippen LogP contribution in [0.25, 0.3) is 0 Å². The number of nitrogens with zero attached hydrogens (tertiary/aromatic N) is 3. The highest BCUT2D eigenvalue weighted by Crippen LogP contribution is 2.26. The molecule has 2 aliphatic rings. The van der Waals surface area contributed by atoms with Crippen LogP contribution in [-0.4, -0.2) is 53.4 Å². The van der Waals surface area contributed by atoms with Crippen LogP contribution in [0.1, 0.15) is 70.3 Å². The SMILES string of the molecule is CC(C)c1nnc([C@@H]2CN(C(=O)CO[C@@H]3CCC[C@@H](C)C3)CCO2)o1. The molecular weight excluding hydrogens is 322 g/mol. The molecule has 1 aliphatic carbocycles. The van der Waals surface area contributed by atoms with E-state index >= 15 is 0 Å². The summed E-state index contributed by atoms with van der Waals surface area (Å²) in [6, 6.07) is 0. The molecule has 1 saturated heterocycles. The van der Waals surface area contributed by atoms with Crippen LogP contribution in [0, 0.1) is 5.92 Å². The second-order valence-corrected chi connectivity index (χ2v) is 7.54. The van der Waals surface area contributed by atoms with Gasteiger partial charge in [0.15, 0.2) is 6.10 Å². The quantitative estimate of drug-likeness (QED) is 0.812. The summed E-state index contributed by atoms with van der Waals surface area (Å²) in [5.74, 6) is 1.92. The number of carbonyl (C=O) groups is 1. The molecule has 1 aromatic heterocycles. The van der Waals surface area contributed by atoms with E-state index in [-0.39, 0.29) is 30.6 Å². The summed E-state index contributed by atoms with van der Waals surface area (Å²) in [4.78, 5) is 14.3. The zero-order valence-electron chi connectivity index (χ0n) is 15.4. The normalized spacial score (nSPS) is 27.7. The van der Waals surface area contributed by atoms with Crippen molar-refractivity contribution in [3.63, 3.8) is 0 Å². The summed E-state index contributed by atoms with van der Waals surface area (Å²) in [5, 5.41) is 8.11. The fourth-order valence-electron chi connectivity index (χ4n) is 3.45. The van der Waals surface area contributed by atoms with E-state index in [2.05, 4.69) is 17.1 Å². The number of amides is 1. The lowest BCUT2D eigenvalue weighted by Gasteiger charge is -2.32. The number of aromatic nitrogens is 2. The van der Waals surface area contributed by atoms with Crippen LogP contribution in [0.5, 0.6) is 0 Å².